The summed E-state index contributed by atoms with van der Waals surface area (Å²) < 4.78 is 46.2. The van der Waals surface area contributed by atoms with E-state index in [4.69, 9.17) is 4.42 Å². The fourth-order valence-corrected chi connectivity index (χ4v) is 3.64. The van der Waals surface area contributed by atoms with Crippen molar-refractivity contribution in [2.45, 2.75) is 19.3 Å². The Morgan fingerprint density at radius 2 is 1.79 bits per heavy atom. The van der Waals surface area contributed by atoms with Crippen molar-refractivity contribution in [3.05, 3.63) is 87.8 Å². The molecule has 1 aromatic carbocycles. The highest BCUT2D eigenvalue weighted by molar-refractivity contribution is 5.98. The molecule has 0 aliphatic carbocycles. The summed E-state index contributed by atoms with van der Waals surface area (Å²) in [6, 6.07) is 8.95. The quantitative estimate of drug-likeness (QED) is 0.340. The van der Waals surface area contributed by atoms with Crippen molar-refractivity contribution >= 4 is 28.6 Å². The lowest BCUT2D eigenvalue weighted by atomic mass is 10.2. The molecule has 0 bridgehead atoms. The molecule has 0 radical (unpaired) electrons. The van der Waals surface area contributed by atoms with E-state index >= 15 is 0 Å². The van der Waals surface area contributed by atoms with Crippen molar-refractivity contribution in [3.63, 3.8) is 0 Å². The molecule has 5 rings (SSSR count). The Morgan fingerprint density at radius 3 is 2.58 bits per heavy atom. The summed E-state index contributed by atoms with van der Waals surface area (Å²) in [7, 11) is 1.56. The van der Waals surface area contributed by atoms with Crippen LogP contribution in [0.5, 0.6) is 0 Å². The molecule has 0 aliphatic rings. The third-order valence-electron chi connectivity index (χ3n) is 5.53. The maximum atomic E-state index is 12.9. The van der Waals surface area contributed by atoms with E-state index in [1.54, 1.807) is 25.2 Å². The molecular formula is C23H17F3N8O4. The molecule has 4 heterocycles. The van der Waals surface area contributed by atoms with E-state index in [0.717, 1.165) is 6.20 Å². The molecule has 0 atom stereocenters. The highest BCUT2D eigenvalue weighted by atomic mass is 19.4. The molecule has 0 aliphatic heterocycles. The number of aryl methyl sites for hydroxylation is 1. The zero-order valence-corrected chi connectivity index (χ0v) is 19.5. The van der Waals surface area contributed by atoms with Gasteiger partial charge in [0, 0.05) is 31.9 Å². The van der Waals surface area contributed by atoms with Crippen LogP contribution >= 0.6 is 0 Å². The first-order valence-corrected chi connectivity index (χ1v) is 11.0. The number of hydrogen-bond donors (Lipinski definition) is 2. The van der Waals surface area contributed by atoms with Crippen LogP contribution in [-0.4, -0.2) is 40.9 Å². The summed E-state index contributed by atoms with van der Waals surface area (Å²) in [5.74, 6) is -3.13. The maximum absolute atomic E-state index is 12.9. The van der Waals surface area contributed by atoms with Gasteiger partial charge in [-0.3, -0.25) is 14.2 Å². The summed E-state index contributed by atoms with van der Waals surface area (Å²) in [6.45, 7) is -0.229. The molecule has 0 saturated carbocycles. The van der Waals surface area contributed by atoms with Gasteiger partial charge in [-0.1, -0.05) is 6.07 Å². The number of alkyl halides is 3. The van der Waals surface area contributed by atoms with E-state index in [-0.39, 0.29) is 35.8 Å². The smallest absolute Gasteiger partial charge is 0.408 e. The predicted octanol–water partition coefficient (Wildman–Crippen LogP) is 1.84. The zero-order valence-electron chi connectivity index (χ0n) is 19.5. The second-order valence-electron chi connectivity index (χ2n) is 8.09. The van der Waals surface area contributed by atoms with Crippen molar-refractivity contribution in [1.29, 1.82) is 0 Å². The van der Waals surface area contributed by atoms with Crippen LogP contribution < -0.4 is 16.4 Å². The topological polar surface area (TPSA) is 149 Å². The average molecular weight is 526 g/mol. The number of oxazole rings is 1. The van der Waals surface area contributed by atoms with Gasteiger partial charge in [0.05, 0.1) is 24.0 Å². The standard InChI is InChI=1S/C23H17F3N8O4/c1-33-15-8-12(2-3-17(15)38-22(33)37)10-28-19(35)14-9-16(34-18(32-14)5-7-30-34)20(36)29-11-13-4-6-27-21(31-13)23(24,25)26/h2-9H,10-11H2,1H3,(H,28,35)(H,29,36). The second-order valence-corrected chi connectivity index (χ2v) is 8.09. The van der Waals surface area contributed by atoms with E-state index in [1.807, 2.05) is 0 Å². The molecular weight excluding hydrogens is 509 g/mol. The van der Waals surface area contributed by atoms with Crippen LogP contribution in [0, 0.1) is 0 Å². The van der Waals surface area contributed by atoms with Crippen molar-refractivity contribution in [3.8, 4) is 0 Å². The Labute approximate surface area is 210 Å². The molecule has 0 saturated heterocycles. The molecule has 15 heteroatoms. The SMILES string of the molecule is Cn1c(=O)oc2ccc(CNC(=O)c3cc(C(=O)NCc4ccnc(C(F)(F)F)n4)n4nccc4n3)cc21. The van der Waals surface area contributed by atoms with Crippen molar-refractivity contribution in [1.82, 2.24) is 39.8 Å². The second kappa shape index (κ2) is 9.42. The Kier molecular flexibility index (Phi) is 6.10. The van der Waals surface area contributed by atoms with Gasteiger partial charge in [-0.05, 0) is 23.8 Å². The fraction of sp³-hybridized carbons (Fsp3) is 0.174. The number of carbonyl (C=O) groups is 2. The van der Waals surface area contributed by atoms with E-state index in [0.29, 0.717) is 16.7 Å². The van der Waals surface area contributed by atoms with Crippen molar-refractivity contribution in [2.24, 2.45) is 7.05 Å². The first-order chi connectivity index (χ1) is 18.1. The summed E-state index contributed by atoms with van der Waals surface area (Å²) in [5, 5.41) is 9.20. The highest BCUT2D eigenvalue weighted by Gasteiger charge is 2.34. The maximum Gasteiger partial charge on any atom is 0.451 e. The first-order valence-electron chi connectivity index (χ1n) is 11.0. The van der Waals surface area contributed by atoms with Gasteiger partial charge in [0.15, 0.2) is 11.2 Å². The fourth-order valence-electron chi connectivity index (χ4n) is 3.64. The molecule has 0 unspecified atom stereocenters. The normalized spacial score (nSPS) is 11.7. The Hall–Kier alpha value is -5.08. The highest BCUT2D eigenvalue weighted by Crippen LogP contribution is 2.25. The van der Waals surface area contributed by atoms with Crippen LogP contribution in [0.1, 0.15) is 38.1 Å². The number of halogens is 3. The number of carbonyl (C=O) groups excluding carboxylic acids is 2. The number of nitrogens with zero attached hydrogens (tertiary/aromatic N) is 6. The summed E-state index contributed by atoms with van der Waals surface area (Å²) in [6.07, 6.45) is -2.40. The molecule has 0 spiro atoms. The van der Waals surface area contributed by atoms with E-state index in [2.05, 4.69) is 30.7 Å². The van der Waals surface area contributed by atoms with Gasteiger partial charge in [-0.15, -0.1) is 0 Å². The van der Waals surface area contributed by atoms with Gasteiger partial charge in [0.25, 0.3) is 11.8 Å². The van der Waals surface area contributed by atoms with E-state index in [1.165, 1.54) is 33.5 Å². The number of hydrogen-bond acceptors (Lipinski definition) is 8. The molecule has 4 aromatic heterocycles. The van der Waals surface area contributed by atoms with Gasteiger partial charge in [0.1, 0.15) is 11.4 Å². The van der Waals surface area contributed by atoms with Crippen LogP contribution in [0.2, 0.25) is 0 Å². The monoisotopic (exact) mass is 526 g/mol. The average Bonchev–Trinajstić information content (AvgIpc) is 3.48. The van der Waals surface area contributed by atoms with E-state index in [9.17, 15) is 27.6 Å². The molecule has 2 N–H and O–H groups in total. The first kappa shape index (κ1) is 24.6. The molecule has 0 fully saturated rings. The zero-order chi connectivity index (χ0) is 27.0. The van der Waals surface area contributed by atoms with Gasteiger partial charge in [-0.25, -0.2) is 24.3 Å². The van der Waals surface area contributed by atoms with E-state index < -0.39 is 29.6 Å². The van der Waals surface area contributed by atoms with Gasteiger partial charge >= 0.3 is 11.9 Å². The number of nitrogens with one attached hydrogen (secondary N) is 2. The van der Waals surface area contributed by atoms with Gasteiger partial charge < -0.3 is 15.1 Å². The molecule has 194 valence electrons. The Balaban J connectivity index is 1.33. The number of amides is 2. The number of benzene rings is 1. The van der Waals surface area contributed by atoms with Crippen LogP contribution in [0.15, 0.2) is 58.0 Å². The predicted molar refractivity (Wildman–Crippen MR) is 124 cm³/mol. The number of fused-ring (bicyclic) bond motifs is 2. The third kappa shape index (κ3) is 4.80. The number of aromatic nitrogens is 6. The van der Waals surface area contributed by atoms with Crippen LogP contribution in [0.25, 0.3) is 16.7 Å². The van der Waals surface area contributed by atoms with Crippen LogP contribution in [-0.2, 0) is 26.3 Å². The number of rotatable bonds is 6. The Bertz CT molecular complexity index is 1760. The van der Waals surface area contributed by atoms with Crippen LogP contribution in [0.4, 0.5) is 13.2 Å². The minimum Gasteiger partial charge on any atom is -0.408 e. The lowest BCUT2D eigenvalue weighted by molar-refractivity contribution is -0.145. The van der Waals surface area contributed by atoms with Gasteiger partial charge in [0.2, 0.25) is 5.82 Å². The molecule has 12 nitrogen and oxygen atoms in total. The van der Waals surface area contributed by atoms with Crippen molar-refractivity contribution in [2.75, 3.05) is 0 Å². The minimum atomic E-state index is -4.73. The molecule has 2 amide bonds. The third-order valence-corrected chi connectivity index (χ3v) is 5.53. The molecule has 5 aromatic rings. The minimum absolute atomic E-state index is 0.0588. The lowest BCUT2D eigenvalue weighted by Crippen LogP contribution is -2.29. The van der Waals surface area contributed by atoms with Crippen molar-refractivity contribution < 1.29 is 27.2 Å². The van der Waals surface area contributed by atoms with Crippen LogP contribution in [0.3, 0.4) is 0 Å². The summed E-state index contributed by atoms with van der Waals surface area (Å²) in [5.41, 5.74) is 1.66. The van der Waals surface area contributed by atoms with Gasteiger partial charge in [-0.2, -0.15) is 18.3 Å². The Morgan fingerprint density at radius 1 is 1.00 bits per heavy atom. The lowest BCUT2D eigenvalue weighted by Gasteiger charge is -2.10. The largest absolute Gasteiger partial charge is 0.451 e. The molecule has 38 heavy (non-hydrogen) atoms. The summed E-state index contributed by atoms with van der Waals surface area (Å²) >= 11 is 0. The summed E-state index contributed by atoms with van der Waals surface area (Å²) in [4.78, 5) is 48.3.